The summed E-state index contributed by atoms with van der Waals surface area (Å²) in [6.07, 6.45) is 1.97. The first-order valence-corrected chi connectivity index (χ1v) is 6.88. The van der Waals surface area contributed by atoms with E-state index in [1.165, 1.54) is 6.07 Å². The minimum atomic E-state index is -0.456. The number of benzene rings is 1. The van der Waals surface area contributed by atoms with E-state index >= 15 is 0 Å². The number of hydrogen-bond donors (Lipinski definition) is 1. The molecule has 1 unspecified atom stereocenters. The summed E-state index contributed by atoms with van der Waals surface area (Å²) in [5, 5.41) is 14.1. The molecule has 0 spiro atoms. The number of para-hydroxylation sites is 1. The molecule has 1 saturated heterocycles. The second kappa shape index (κ2) is 5.90. The third-order valence-corrected chi connectivity index (χ3v) is 3.64. The van der Waals surface area contributed by atoms with E-state index in [0.717, 1.165) is 12.8 Å². The lowest BCUT2D eigenvalue weighted by molar-refractivity contribution is -0.384. The fraction of sp³-hybridized carbons (Fsp3) is 0.500. The van der Waals surface area contributed by atoms with Crippen molar-refractivity contribution in [2.45, 2.75) is 32.7 Å². The summed E-state index contributed by atoms with van der Waals surface area (Å²) in [5.74, 6) is -0.130. The number of nitrogens with zero attached hydrogens (tertiary/aromatic N) is 2. The van der Waals surface area contributed by atoms with Gasteiger partial charge in [-0.3, -0.25) is 14.9 Å². The molecule has 6 heteroatoms. The van der Waals surface area contributed by atoms with Crippen LogP contribution in [0.4, 0.5) is 11.4 Å². The summed E-state index contributed by atoms with van der Waals surface area (Å²) in [4.78, 5) is 25.0. The van der Waals surface area contributed by atoms with Crippen molar-refractivity contribution in [3.05, 3.63) is 33.9 Å². The summed E-state index contributed by atoms with van der Waals surface area (Å²) < 4.78 is 0. The Hall–Kier alpha value is -2.11. The maximum atomic E-state index is 12.6. The van der Waals surface area contributed by atoms with E-state index in [0.29, 0.717) is 24.3 Å². The number of nitro benzene ring substituents is 1. The molecule has 0 aromatic heterocycles. The monoisotopic (exact) mass is 277 g/mol. The van der Waals surface area contributed by atoms with Crippen LogP contribution in [0.1, 0.15) is 37.0 Å². The predicted octanol–water partition coefficient (Wildman–Crippen LogP) is 2.65. The van der Waals surface area contributed by atoms with Crippen molar-refractivity contribution in [2.75, 3.05) is 18.4 Å². The second-order valence-electron chi connectivity index (χ2n) is 4.98. The van der Waals surface area contributed by atoms with Gasteiger partial charge in [0.25, 0.3) is 11.6 Å². The van der Waals surface area contributed by atoms with Gasteiger partial charge in [-0.2, -0.15) is 0 Å². The number of anilines is 1. The zero-order chi connectivity index (χ0) is 14.7. The Morgan fingerprint density at radius 2 is 2.30 bits per heavy atom. The molecule has 6 nitrogen and oxygen atoms in total. The van der Waals surface area contributed by atoms with E-state index < -0.39 is 4.92 Å². The van der Waals surface area contributed by atoms with Gasteiger partial charge in [0.05, 0.1) is 10.5 Å². The van der Waals surface area contributed by atoms with Crippen molar-refractivity contribution in [1.82, 2.24) is 4.90 Å². The van der Waals surface area contributed by atoms with Crippen molar-refractivity contribution >= 4 is 17.3 Å². The maximum absolute atomic E-state index is 12.6. The molecule has 20 heavy (non-hydrogen) atoms. The highest BCUT2D eigenvalue weighted by molar-refractivity contribution is 6.01. The highest BCUT2D eigenvalue weighted by Crippen LogP contribution is 2.30. The standard InChI is InChI=1S/C14H19N3O3/c1-3-15-13-11(7-4-8-12(13)17(19)20)14(18)16-9-5-6-10(16)2/h4,7-8,10,15H,3,5-6,9H2,1-2H3. The van der Waals surface area contributed by atoms with Gasteiger partial charge in [-0.15, -0.1) is 0 Å². The van der Waals surface area contributed by atoms with Crippen LogP contribution in [-0.2, 0) is 0 Å². The fourth-order valence-electron chi connectivity index (χ4n) is 2.62. The molecule has 0 bridgehead atoms. The Bertz CT molecular complexity index is 530. The fourth-order valence-corrected chi connectivity index (χ4v) is 2.62. The van der Waals surface area contributed by atoms with Crippen LogP contribution >= 0.6 is 0 Å². The molecule has 1 aliphatic rings. The van der Waals surface area contributed by atoms with Crippen molar-refractivity contribution in [2.24, 2.45) is 0 Å². The van der Waals surface area contributed by atoms with E-state index in [1.807, 2.05) is 13.8 Å². The van der Waals surface area contributed by atoms with E-state index in [-0.39, 0.29) is 17.6 Å². The van der Waals surface area contributed by atoms with Gasteiger partial charge >= 0.3 is 0 Å². The first-order valence-electron chi connectivity index (χ1n) is 6.88. The molecule has 1 atom stereocenters. The number of hydrogen-bond acceptors (Lipinski definition) is 4. The molecule has 1 fully saturated rings. The Morgan fingerprint density at radius 3 is 2.85 bits per heavy atom. The minimum Gasteiger partial charge on any atom is -0.379 e. The Morgan fingerprint density at radius 1 is 1.55 bits per heavy atom. The summed E-state index contributed by atoms with van der Waals surface area (Å²) in [6.45, 7) is 5.10. The Kier molecular flexibility index (Phi) is 4.22. The highest BCUT2D eigenvalue weighted by atomic mass is 16.6. The maximum Gasteiger partial charge on any atom is 0.293 e. The third-order valence-electron chi connectivity index (χ3n) is 3.64. The van der Waals surface area contributed by atoms with Crippen LogP contribution in [0.3, 0.4) is 0 Å². The Balaban J connectivity index is 2.42. The molecule has 0 radical (unpaired) electrons. The van der Waals surface area contributed by atoms with Crippen molar-refractivity contribution in [3.63, 3.8) is 0 Å². The van der Waals surface area contributed by atoms with Gasteiger partial charge in [-0.05, 0) is 32.8 Å². The summed E-state index contributed by atoms with van der Waals surface area (Å²) in [5.41, 5.74) is 0.656. The zero-order valence-electron chi connectivity index (χ0n) is 11.8. The van der Waals surface area contributed by atoms with E-state index in [4.69, 9.17) is 0 Å². The van der Waals surface area contributed by atoms with Gasteiger partial charge < -0.3 is 10.2 Å². The molecular formula is C14H19N3O3. The zero-order valence-corrected chi connectivity index (χ0v) is 11.8. The average Bonchev–Trinajstić information content (AvgIpc) is 2.84. The Labute approximate surface area is 117 Å². The molecule has 2 rings (SSSR count). The normalized spacial score (nSPS) is 18.1. The van der Waals surface area contributed by atoms with Crippen LogP contribution in [0.2, 0.25) is 0 Å². The summed E-state index contributed by atoms with van der Waals surface area (Å²) in [7, 11) is 0. The van der Waals surface area contributed by atoms with Gasteiger partial charge in [-0.25, -0.2) is 0 Å². The molecule has 1 aromatic carbocycles. The van der Waals surface area contributed by atoms with Crippen molar-refractivity contribution in [1.29, 1.82) is 0 Å². The molecule has 108 valence electrons. The lowest BCUT2D eigenvalue weighted by Crippen LogP contribution is -2.34. The molecule has 0 aliphatic carbocycles. The first-order chi connectivity index (χ1) is 9.56. The van der Waals surface area contributed by atoms with Crippen LogP contribution in [0.25, 0.3) is 0 Å². The van der Waals surface area contributed by atoms with Gasteiger partial charge in [0, 0.05) is 25.2 Å². The summed E-state index contributed by atoms with van der Waals surface area (Å²) in [6, 6.07) is 4.82. The van der Waals surface area contributed by atoms with E-state index in [9.17, 15) is 14.9 Å². The molecular weight excluding hydrogens is 258 g/mol. The molecule has 1 N–H and O–H groups in total. The molecule has 1 aromatic rings. The summed E-state index contributed by atoms with van der Waals surface area (Å²) >= 11 is 0. The van der Waals surface area contributed by atoms with Gasteiger partial charge in [0.2, 0.25) is 0 Å². The second-order valence-corrected chi connectivity index (χ2v) is 4.98. The van der Waals surface area contributed by atoms with Crippen LogP contribution in [0.5, 0.6) is 0 Å². The number of rotatable bonds is 4. The molecule has 0 saturated carbocycles. The SMILES string of the molecule is CCNc1c(C(=O)N2CCCC2C)cccc1[N+](=O)[O-]. The number of nitro groups is 1. The number of carbonyl (C=O) groups is 1. The van der Waals surface area contributed by atoms with Gasteiger partial charge in [0.1, 0.15) is 5.69 Å². The lowest BCUT2D eigenvalue weighted by atomic mass is 10.1. The largest absolute Gasteiger partial charge is 0.379 e. The minimum absolute atomic E-state index is 0.0513. The molecule has 1 aliphatic heterocycles. The lowest BCUT2D eigenvalue weighted by Gasteiger charge is -2.22. The number of carbonyl (C=O) groups excluding carboxylic acids is 1. The number of likely N-dealkylation sites (tertiary alicyclic amines) is 1. The van der Waals surface area contributed by atoms with Crippen LogP contribution in [-0.4, -0.2) is 34.9 Å². The topological polar surface area (TPSA) is 75.5 Å². The quantitative estimate of drug-likeness (QED) is 0.678. The first kappa shape index (κ1) is 14.3. The van der Waals surface area contributed by atoms with Crippen molar-refractivity contribution in [3.8, 4) is 0 Å². The molecule has 1 amide bonds. The smallest absolute Gasteiger partial charge is 0.293 e. The average molecular weight is 277 g/mol. The number of nitrogens with one attached hydrogen (secondary N) is 1. The van der Waals surface area contributed by atoms with E-state index in [2.05, 4.69) is 5.32 Å². The van der Waals surface area contributed by atoms with E-state index in [1.54, 1.807) is 17.0 Å². The third kappa shape index (κ3) is 2.59. The molecule has 1 heterocycles. The van der Waals surface area contributed by atoms with Crippen LogP contribution in [0, 0.1) is 10.1 Å². The predicted molar refractivity (Wildman–Crippen MR) is 77.0 cm³/mol. The van der Waals surface area contributed by atoms with Gasteiger partial charge in [0.15, 0.2) is 0 Å². The van der Waals surface area contributed by atoms with Crippen molar-refractivity contribution < 1.29 is 9.72 Å². The van der Waals surface area contributed by atoms with Gasteiger partial charge in [-0.1, -0.05) is 6.07 Å². The highest BCUT2D eigenvalue weighted by Gasteiger charge is 2.29. The van der Waals surface area contributed by atoms with Crippen LogP contribution < -0.4 is 5.32 Å². The van der Waals surface area contributed by atoms with Crippen LogP contribution in [0.15, 0.2) is 18.2 Å². The number of amides is 1.